The van der Waals surface area contributed by atoms with Gasteiger partial charge in [0.25, 0.3) is 0 Å². The van der Waals surface area contributed by atoms with Crippen LogP contribution < -0.4 is 10.1 Å². The number of hydrogen-bond donors (Lipinski definition) is 1. The van der Waals surface area contributed by atoms with Crippen molar-refractivity contribution in [1.29, 1.82) is 0 Å². The van der Waals surface area contributed by atoms with Gasteiger partial charge in [-0.1, -0.05) is 45.8 Å². The predicted octanol–water partition coefficient (Wildman–Crippen LogP) is 6.51. The monoisotopic (exact) mass is 547 g/mol. The second-order valence-corrected chi connectivity index (χ2v) is 13.3. The summed E-state index contributed by atoms with van der Waals surface area (Å²) in [5, 5.41) is 3.29. The Balaban J connectivity index is 1.30. The Bertz CT molecular complexity index is 1220. The zero-order chi connectivity index (χ0) is 28.3. The number of benzene rings is 1. The van der Waals surface area contributed by atoms with Crippen molar-refractivity contribution in [3.8, 4) is 5.75 Å². The van der Waals surface area contributed by atoms with E-state index >= 15 is 0 Å². The molecule has 2 unspecified atom stereocenters. The molecule has 6 nitrogen and oxygen atoms in total. The average molecular weight is 548 g/mol. The van der Waals surface area contributed by atoms with Gasteiger partial charge in [0.2, 0.25) is 5.78 Å². The van der Waals surface area contributed by atoms with Crippen LogP contribution in [0.5, 0.6) is 5.75 Å². The van der Waals surface area contributed by atoms with Gasteiger partial charge >= 0.3 is 0 Å². The normalized spacial score (nSPS) is 41.4. The summed E-state index contributed by atoms with van der Waals surface area (Å²) in [4.78, 5) is 26.6. The zero-order valence-electron chi connectivity index (χ0n) is 24.7. The molecule has 6 rings (SSSR count). The summed E-state index contributed by atoms with van der Waals surface area (Å²) in [6.45, 7) is 12.0. The lowest BCUT2D eigenvalue weighted by atomic mass is 9.44. The standard InChI is InChI=1S/C34H45NO5/c1-6-8-30-39-29-18-27-26-14-9-22-17-24(36)15-16-32(22,4)31(26)21(3)19-33(27,5)34(29,40-30)28(37)20-38-25-12-10-23(11-13-25)35-7-2/h10-13,15-17,21,26-27,29-31,35H,6-9,14,18-20H2,1-5H3/t21-,26?,27-,29+,30?,31-,32-,33-,34+/m0/s1. The van der Waals surface area contributed by atoms with Crippen molar-refractivity contribution in [1.82, 2.24) is 0 Å². The molecule has 4 fully saturated rings. The third kappa shape index (κ3) is 4.04. The van der Waals surface area contributed by atoms with Crippen molar-refractivity contribution in [2.45, 2.75) is 91.1 Å². The molecule has 3 saturated carbocycles. The second kappa shape index (κ2) is 10.1. The van der Waals surface area contributed by atoms with E-state index in [1.54, 1.807) is 6.08 Å². The van der Waals surface area contributed by atoms with Crippen molar-refractivity contribution in [3.05, 3.63) is 48.1 Å². The first-order valence-electron chi connectivity index (χ1n) is 15.4. The van der Waals surface area contributed by atoms with Crippen LogP contribution in [0.15, 0.2) is 48.1 Å². The summed E-state index contributed by atoms with van der Waals surface area (Å²) in [7, 11) is 0. The molecule has 1 heterocycles. The third-order valence-electron chi connectivity index (χ3n) is 11.1. The van der Waals surface area contributed by atoms with Crippen LogP contribution >= 0.6 is 0 Å². The first kappa shape index (κ1) is 27.7. The van der Waals surface area contributed by atoms with Crippen LogP contribution in [-0.2, 0) is 19.1 Å². The Hall–Kier alpha value is -2.44. The summed E-state index contributed by atoms with van der Waals surface area (Å²) < 4.78 is 19.5. The quantitative estimate of drug-likeness (QED) is 0.400. The molecule has 216 valence electrons. The molecule has 40 heavy (non-hydrogen) atoms. The minimum absolute atomic E-state index is 0.00766. The highest BCUT2D eigenvalue weighted by molar-refractivity contribution is 6.01. The minimum atomic E-state index is -1.00. The molecule has 1 aromatic rings. The van der Waals surface area contributed by atoms with E-state index in [0.717, 1.165) is 50.8 Å². The minimum Gasteiger partial charge on any atom is -0.486 e. The van der Waals surface area contributed by atoms with Gasteiger partial charge in [0.1, 0.15) is 12.4 Å². The molecule has 0 spiro atoms. The van der Waals surface area contributed by atoms with Gasteiger partial charge in [0.05, 0.1) is 6.10 Å². The largest absolute Gasteiger partial charge is 0.486 e. The van der Waals surface area contributed by atoms with Crippen LogP contribution in [0.25, 0.3) is 0 Å². The van der Waals surface area contributed by atoms with E-state index in [0.29, 0.717) is 29.4 Å². The van der Waals surface area contributed by atoms with E-state index in [4.69, 9.17) is 14.2 Å². The van der Waals surface area contributed by atoms with Crippen LogP contribution in [0, 0.1) is 34.5 Å². The highest BCUT2D eigenvalue weighted by Gasteiger charge is 2.75. The molecule has 4 aliphatic carbocycles. The first-order chi connectivity index (χ1) is 19.2. The Morgan fingerprint density at radius 3 is 2.67 bits per heavy atom. The Morgan fingerprint density at radius 1 is 1.18 bits per heavy atom. The van der Waals surface area contributed by atoms with Crippen molar-refractivity contribution in [2.75, 3.05) is 18.5 Å². The molecule has 0 bridgehead atoms. The predicted molar refractivity (Wildman–Crippen MR) is 155 cm³/mol. The van der Waals surface area contributed by atoms with Crippen LogP contribution in [0.2, 0.25) is 0 Å². The summed E-state index contributed by atoms with van der Waals surface area (Å²) in [5.41, 5.74) is 0.853. The summed E-state index contributed by atoms with van der Waals surface area (Å²) in [6.07, 6.45) is 10.7. The van der Waals surface area contributed by atoms with Gasteiger partial charge in [-0.25, -0.2) is 0 Å². The maximum absolute atomic E-state index is 14.4. The third-order valence-corrected chi connectivity index (χ3v) is 11.1. The van der Waals surface area contributed by atoms with Gasteiger partial charge in [0, 0.05) is 23.1 Å². The Labute approximate surface area is 238 Å². The van der Waals surface area contributed by atoms with Crippen molar-refractivity contribution >= 4 is 17.3 Å². The number of ether oxygens (including phenoxy) is 3. The van der Waals surface area contributed by atoms with Gasteiger partial charge in [-0.3, -0.25) is 9.59 Å². The Morgan fingerprint density at radius 2 is 1.95 bits per heavy atom. The molecule has 1 N–H and O–H groups in total. The van der Waals surface area contributed by atoms with Crippen LogP contribution in [0.1, 0.15) is 73.1 Å². The van der Waals surface area contributed by atoms with Gasteiger partial charge in [0.15, 0.2) is 17.7 Å². The number of allylic oxidation sites excluding steroid dienone is 4. The molecule has 9 atom stereocenters. The molecular formula is C34H45NO5. The maximum atomic E-state index is 14.4. The van der Waals surface area contributed by atoms with E-state index < -0.39 is 5.60 Å². The number of hydrogen-bond acceptors (Lipinski definition) is 6. The lowest BCUT2D eigenvalue weighted by Crippen LogP contribution is -2.62. The van der Waals surface area contributed by atoms with Gasteiger partial charge < -0.3 is 19.5 Å². The second-order valence-electron chi connectivity index (χ2n) is 13.3. The molecule has 0 amide bonds. The molecule has 1 saturated heterocycles. The van der Waals surface area contributed by atoms with E-state index in [1.165, 1.54) is 5.57 Å². The highest BCUT2D eigenvalue weighted by Crippen LogP contribution is 2.71. The van der Waals surface area contributed by atoms with Crippen LogP contribution in [-0.4, -0.2) is 42.7 Å². The number of carbonyl (C=O) groups is 2. The Kier molecular flexibility index (Phi) is 7.02. The van der Waals surface area contributed by atoms with E-state index in [2.05, 4.69) is 46.0 Å². The molecular weight excluding hydrogens is 502 g/mol. The van der Waals surface area contributed by atoms with Crippen molar-refractivity contribution in [3.63, 3.8) is 0 Å². The van der Waals surface area contributed by atoms with Crippen LogP contribution in [0.3, 0.4) is 0 Å². The number of ketones is 2. The number of carbonyl (C=O) groups excluding carboxylic acids is 2. The molecule has 5 aliphatic rings. The van der Waals surface area contributed by atoms with Gasteiger partial charge in [-0.05, 0) is 99.1 Å². The number of Topliss-reactive ketones (excluding diaryl/α,β-unsaturated/α-hetero) is 1. The zero-order valence-corrected chi connectivity index (χ0v) is 24.7. The summed E-state index contributed by atoms with van der Waals surface area (Å²) in [5.74, 6) is 2.36. The van der Waals surface area contributed by atoms with Gasteiger partial charge in [-0.2, -0.15) is 0 Å². The number of fused-ring (bicyclic) bond motifs is 7. The fraction of sp³-hybridized carbons (Fsp3) is 0.647. The fourth-order valence-electron chi connectivity index (χ4n) is 9.70. The SMILES string of the molecule is CCCC1O[C@@H]2C[C@H]3C4CCC5=CC(=O)C=C[C@]5(C)[C@H]4[C@@H](C)C[C@]3(C)[C@]2(C(=O)COc2ccc(NCC)cc2)O1. The average Bonchev–Trinajstić information content (AvgIpc) is 3.40. The number of rotatable bonds is 8. The van der Waals surface area contributed by atoms with Crippen LogP contribution in [0.4, 0.5) is 5.69 Å². The van der Waals surface area contributed by atoms with Gasteiger partial charge in [-0.15, -0.1) is 0 Å². The topological polar surface area (TPSA) is 73.9 Å². The van der Waals surface area contributed by atoms with E-state index in [1.807, 2.05) is 30.3 Å². The summed E-state index contributed by atoms with van der Waals surface area (Å²) in [6, 6.07) is 7.78. The maximum Gasteiger partial charge on any atom is 0.205 e. The summed E-state index contributed by atoms with van der Waals surface area (Å²) >= 11 is 0. The highest BCUT2D eigenvalue weighted by atomic mass is 16.7. The van der Waals surface area contributed by atoms with Crippen molar-refractivity contribution < 1.29 is 23.8 Å². The first-order valence-corrected chi connectivity index (χ1v) is 15.4. The van der Waals surface area contributed by atoms with Crippen molar-refractivity contribution in [2.24, 2.45) is 34.5 Å². The molecule has 1 aliphatic heterocycles. The van der Waals surface area contributed by atoms with E-state index in [9.17, 15) is 9.59 Å². The molecule has 6 heteroatoms. The van der Waals surface area contributed by atoms with E-state index in [-0.39, 0.29) is 41.4 Å². The molecule has 0 radical (unpaired) electrons. The smallest absolute Gasteiger partial charge is 0.205 e. The molecule has 1 aromatic carbocycles. The fourth-order valence-corrected chi connectivity index (χ4v) is 9.70. The molecule has 0 aromatic heterocycles. The number of nitrogens with one attached hydrogen (secondary N) is 1. The number of anilines is 1. The lowest BCUT2D eigenvalue weighted by molar-refractivity contribution is -0.191. The lowest BCUT2D eigenvalue weighted by Gasteiger charge is -2.60.